The first-order valence-electron chi connectivity index (χ1n) is 9.04. The minimum Gasteiger partial charge on any atom is -0.360 e. The Hall–Kier alpha value is -2.96. The lowest BCUT2D eigenvalue weighted by Gasteiger charge is -2.14. The first-order valence-corrected chi connectivity index (χ1v) is 9.04. The van der Waals surface area contributed by atoms with Crippen LogP contribution in [-0.2, 0) is 9.59 Å². The Bertz CT molecular complexity index is 956. The van der Waals surface area contributed by atoms with Crippen LogP contribution in [0.4, 0.5) is 0 Å². The van der Waals surface area contributed by atoms with Crippen molar-refractivity contribution < 1.29 is 18.9 Å². The Balaban J connectivity index is 1.59. The summed E-state index contributed by atoms with van der Waals surface area (Å²) in [6, 6.07) is 3.56. The number of imide groups is 1. The number of ketones is 1. The second-order valence-electron chi connectivity index (χ2n) is 7.26. The van der Waals surface area contributed by atoms with Gasteiger partial charge in [0.1, 0.15) is 5.76 Å². The van der Waals surface area contributed by atoms with Crippen molar-refractivity contribution in [2.75, 3.05) is 6.54 Å². The molecule has 0 aromatic carbocycles. The van der Waals surface area contributed by atoms with E-state index in [9.17, 15) is 14.4 Å². The third-order valence-electron chi connectivity index (χ3n) is 5.48. The molecule has 3 heterocycles. The summed E-state index contributed by atoms with van der Waals surface area (Å²) in [5.74, 6) is -0.0707. The number of nitrogens with zero attached hydrogens (tertiary/aromatic N) is 3. The zero-order chi connectivity index (χ0) is 19.3. The van der Waals surface area contributed by atoms with Crippen molar-refractivity contribution in [3.05, 3.63) is 47.0 Å². The SMILES string of the molecule is Cc1cc(-n2c(C)cc(C(=O)CN3C(=O)[C@H]4CC=CC[C@@H]4C3=O)c2C)no1. The van der Waals surface area contributed by atoms with Crippen LogP contribution in [0.5, 0.6) is 0 Å². The van der Waals surface area contributed by atoms with Gasteiger partial charge in [0.15, 0.2) is 11.6 Å². The molecule has 0 spiro atoms. The first-order chi connectivity index (χ1) is 12.9. The molecule has 1 aliphatic carbocycles. The maximum atomic E-state index is 12.9. The van der Waals surface area contributed by atoms with Crippen molar-refractivity contribution in [3.63, 3.8) is 0 Å². The predicted octanol–water partition coefficient (Wildman–Crippen LogP) is 2.52. The number of aromatic nitrogens is 2. The van der Waals surface area contributed by atoms with E-state index in [-0.39, 0.29) is 36.0 Å². The number of hydrogen-bond acceptors (Lipinski definition) is 5. The smallest absolute Gasteiger partial charge is 0.233 e. The topological polar surface area (TPSA) is 85.4 Å². The normalized spacial score (nSPS) is 21.8. The molecule has 7 heteroatoms. The van der Waals surface area contributed by atoms with E-state index < -0.39 is 0 Å². The summed E-state index contributed by atoms with van der Waals surface area (Å²) < 4.78 is 6.96. The monoisotopic (exact) mass is 367 g/mol. The molecule has 140 valence electrons. The van der Waals surface area contributed by atoms with E-state index in [1.54, 1.807) is 19.1 Å². The molecule has 2 atom stereocenters. The second-order valence-corrected chi connectivity index (χ2v) is 7.26. The van der Waals surface area contributed by atoms with Crippen LogP contribution in [-0.4, -0.2) is 38.8 Å². The van der Waals surface area contributed by atoms with E-state index >= 15 is 0 Å². The maximum Gasteiger partial charge on any atom is 0.233 e. The zero-order valence-electron chi connectivity index (χ0n) is 15.6. The Morgan fingerprint density at radius 1 is 1.11 bits per heavy atom. The van der Waals surface area contributed by atoms with Gasteiger partial charge < -0.3 is 4.52 Å². The number of carbonyl (C=O) groups excluding carboxylic acids is 3. The number of amides is 2. The number of Topliss-reactive ketones (excluding diaryl/α,β-unsaturated/α-hetero) is 1. The summed E-state index contributed by atoms with van der Waals surface area (Å²) in [6.45, 7) is 5.28. The Labute approximate surface area is 156 Å². The Morgan fingerprint density at radius 2 is 1.74 bits per heavy atom. The fraction of sp³-hybridized carbons (Fsp3) is 0.400. The average Bonchev–Trinajstić information content (AvgIpc) is 3.26. The van der Waals surface area contributed by atoms with Gasteiger partial charge in [-0.05, 0) is 39.7 Å². The van der Waals surface area contributed by atoms with Crippen LogP contribution in [0.25, 0.3) is 5.82 Å². The fourth-order valence-electron chi connectivity index (χ4n) is 4.11. The molecule has 4 rings (SSSR count). The summed E-state index contributed by atoms with van der Waals surface area (Å²) in [4.78, 5) is 39.2. The third kappa shape index (κ3) is 2.74. The van der Waals surface area contributed by atoms with E-state index in [1.807, 2.05) is 30.6 Å². The number of hydrogen-bond donors (Lipinski definition) is 0. The zero-order valence-corrected chi connectivity index (χ0v) is 15.6. The molecule has 0 N–H and O–H groups in total. The number of aryl methyl sites for hydroxylation is 2. The molecule has 2 aromatic rings. The molecule has 2 aliphatic rings. The van der Waals surface area contributed by atoms with Gasteiger partial charge in [0.2, 0.25) is 11.8 Å². The van der Waals surface area contributed by atoms with Crippen molar-refractivity contribution >= 4 is 17.6 Å². The van der Waals surface area contributed by atoms with E-state index in [4.69, 9.17) is 4.52 Å². The van der Waals surface area contributed by atoms with E-state index in [0.717, 1.165) is 10.6 Å². The highest BCUT2D eigenvalue weighted by Crippen LogP contribution is 2.35. The number of carbonyl (C=O) groups is 3. The quantitative estimate of drug-likeness (QED) is 0.471. The maximum absolute atomic E-state index is 12.9. The molecule has 0 radical (unpaired) electrons. The first kappa shape index (κ1) is 17.5. The van der Waals surface area contributed by atoms with Crippen molar-refractivity contribution in [1.82, 2.24) is 14.6 Å². The van der Waals surface area contributed by atoms with Crippen molar-refractivity contribution in [2.24, 2.45) is 11.8 Å². The van der Waals surface area contributed by atoms with Gasteiger partial charge in [-0.2, -0.15) is 0 Å². The summed E-state index contributed by atoms with van der Waals surface area (Å²) in [5.41, 5.74) is 2.03. The highest BCUT2D eigenvalue weighted by atomic mass is 16.5. The van der Waals surface area contributed by atoms with Crippen molar-refractivity contribution in [1.29, 1.82) is 0 Å². The second kappa shape index (κ2) is 6.33. The Morgan fingerprint density at radius 3 is 2.30 bits per heavy atom. The van der Waals surface area contributed by atoms with Crippen molar-refractivity contribution in [3.8, 4) is 5.82 Å². The van der Waals surface area contributed by atoms with E-state index in [2.05, 4.69) is 5.16 Å². The van der Waals surface area contributed by atoms with Gasteiger partial charge in [0.25, 0.3) is 0 Å². The fourth-order valence-corrected chi connectivity index (χ4v) is 4.11. The van der Waals surface area contributed by atoms with Gasteiger partial charge in [-0.15, -0.1) is 0 Å². The van der Waals surface area contributed by atoms with Crippen LogP contribution in [0, 0.1) is 32.6 Å². The summed E-state index contributed by atoms with van der Waals surface area (Å²) in [5, 5.41) is 4.01. The van der Waals surface area contributed by atoms with Crippen LogP contribution in [0.1, 0.15) is 40.3 Å². The van der Waals surface area contributed by atoms with Crippen LogP contribution in [0.15, 0.2) is 28.8 Å². The van der Waals surface area contributed by atoms with E-state index in [0.29, 0.717) is 35.7 Å². The lowest BCUT2D eigenvalue weighted by Crippen LogP contribution is -2.36. The molecule has 2 aromatic heterocycles. The standard InChI is InChI=1S/C20H21N3O4/c1-11-8-16(13(3)23(11)18-9-12(2)27-21-18)17(24)10-22-19(25)14-6-4-5-7-15(14)20(22)26/h4-5,8-9,14-15H,6-7,10H2,1-3H3/t14-,15-/m0/s1. The number of rotatable bonds is 4. The average molecular weight is 367 g/mol. The van der Waals surface area contributed by atoms with Gasteiger partial charge in [-0.3, -0.25) is 23.9 Å². The van der Waals surface area contributed by atoms with Gasteiger partial charge in [-0.1, -0.05) is 17.3 Å². The molecule has 2 amide bonds. The van der Waals surface area contributed by atoms with Gasteiger partial charge in [-0.25, -0.2) is 0 Å². The molecule has 1 aliphatic heterocycles. The molecule has 0 unspecified atom stereocenters. The molecule has 1 fully saturated rings. The van der Waals surface area contributed by atoms with Crippen LogP contribution >= 0.6 is 0 Å². The number of allylic oxidation sites excluding steroid dienone is 2. The lowest BCUT2D eigenvalue weighted by molar-refractivity contribution is -0.139. The number of likely N-dealkylation sites (tertiary alicyclic amines) is 1. The molecule has 1 saturated heterocycles. The minimum absolute atomic E-state index is 0.215. The minimum atomic E-state index is -0.319. The van der Waals surface area contributed by atoms with Gasteiger partial charge >= 0.3 is 0 Å². The molecule has 7 nitrogen and oxygen atoms in total. The highest BCUT2D eigenvalue weighted by molar-refractivity contribution is 6.10. The molecule has 0 bridgehead atoms. The van der Waals surface area contributed by atoms with Gasteiger partial charge in [0, 0.05) is 23.0 Å². The lowest BCUT2D eigenvalue weighted by atomic mass is 9.85. The van der Waals surface area contributed by atoms with E-state index in [1.165, 1.54) is 0 Å². The summed E-state index contributed by atoms with van der Waals surface area (Å²) >= 11 is 0. The van der Waals surface area contributed by atoms with Crippen LogP contribution in [0.2, 0.25) is 0 Å². The predicted molar refractivity (Wildman–Crippen MR) is 96.4 cm³/mol. The van der Waals surface area contributed by atoms with Crippen molar-refractivity contribution in [2.45, 2.75) is 33.6 Å². The molecular formula is C20H21N3O4. The molecule has 27 heavy (non-hydrogen) atoms. The molecular weight excluding hydrogens is 346 g/mol. The number of fused-ring (bicyclic) bond motifs is 1. The molecule has 0 saturated carbocycles. The van der Waals surface area contributed by atoms with Crippen LogP contribution < -0.4 is 0 Å². The van der Waals surface area contributed by atoms with Crippen LogP contribution in [0.3, 0.4) is 0 Å². The summed E-state index contributed by atoms with van der Waals surface area (Å²) in [7, 11) is 0. The summed E-state index contributed by atoms with van der Waals surface area (Å²) in [6.07, 6.45) is 5.01. The Kier molecular flexibility index (Phi) is 4.09. The highest BCUT2D eigenvalue weighted by Gasteiger charge is 2.47. The largest absolute Gasteiger partial charge is 0.360 e. The van der Waals surface area contributed by atoms with Gasteiger partial charge in [0.05, 0.1) is 18.4 Å². The third-order valence-corrected chi connectivity index (χ3v) is 5.48.